The van der Waals surface area contributed by atoms with Crippen LogP contribution in [0.5, 0.6) is 0 Å². The number of aryl methyl sites for hydroxylation is 1. The fourth-order valence-corrected chi connectivity index (χ4v) is 5.39. The topological polar surface area (TPSA) is 58.6 Å². The molecule has 0 spiro atoms. The lowest BCUT2D eigenvalue weighted by molar-refractivity contribution is -0.115. The highest BCUT2D eigenvalue weighted by Gasteiger charge is 2.38. The van der Waals surface area contributed by atoms with E-state index in [-0.39, 0.29) is 72.3 Å². The Morgan fingerprint density at radius 3 is 2.29 bits per heavy atom. The number of carbonyl (C=O) groups is 2. The molecule has 9 heteroatoms. The number of alkyl halides is 2. The number of esters is 1. The van der Waals surface area contributed by atoms with E-state index < -0.39 is 23.5 Å². The lowest BCUT2D eigenvalue weighted by Crippen LogP contribution is -2.43. The van der Waals surface area contributed by atoms with Gasteiger partial charge >= 0.3 is 5.97 Å². The molecular formula is C33H36F4N2O3. The molecule has 0 radical (unpaired) electrons. The van der Waals surface area contributed by atoms with Crippen molar-refractivity contribution in [2.75, 3.05) is 23.9 Å². The summed E-state index contributed by atoms with van der Waals surface area (Å²) in [6.07, 6.45) is -0.118. The molecule has 42 heavy (non-hydrogen) atoms. The molecule has 4 rings (SSSR count). The molecule has 1 fully saturated rings. The molecule has 3 aromatic carbocycles. The van der Waals surface area contributed by atoms with Crippen molar-refractivity contribution in [1.29, 1.82) is 0 Å². The van der Waals surface area contributed by atoms with Crippen LogP contribution in [0, 0.1) is 24.5 Å². The summed E-state index contributed by atoms with van der Waals surface area (Å²) in [7, 11) is 1.17. The van der Waals surface area contributed by atoms with Crippen molar-refractivity contribution in [3.63, 3.8) is 0 Å². The van der Waals surface area contributed by atoms with Crippen molar-refractivity contribution in [3.05, 3.63) is 82.9 Å². The van der Waals surface area contributed by atoms with Gasteiger partial charge in [-0.3, -0.25) is 4.79 Å². The van der Waals surface area contributed by atoms with E-state index in [0.717, 1.165) is 23.3 Å². The Labute approximate surface area is 243 Å². The molecule has 0 bridgehead atoms. The standard InChI is InChI=1S/C33H36F4N2O3/c1-20(2)19-39(24-11-13-33(36,37)14-12-24)30-18-28(35)27(26-16-23(34)9-10-25(26)32(41)42-4)17-29(30)38-31(40)15-22-7-5-21(3)6-8-22/h5-10,16-18,20,24H,11-15,19H2,1-4H3,(H,38,40). The predicted molar refractivity (Wildman–Crippen MR) is 156 cm³/mol. The second-order valence-electron chi connectivity index (χ2n) is 11.4. The summed E-state index contributed by atoms with van der Waals surface area (Å²) in [5, 5.41) is 2.89. The first-order valence-electron chi connectivity index (χ1n) is 14.1. The number of benzene rings is 3. The van der Waals surface area contributed by atoms with Crippen LogP contribution in [-0.4, -0.2) is 37.5 Å². The van der Waals surface area contributed by atoms with E-state index in [4.69, 9.17) is 4.74 Å². The van der Waals surface area contributed by atoms with E-state index in [2.05, 4.69) is 5.32 Å². The monoisotopic (exact) mass is 584 g/mol. The Balaban J connectivity index is 1.82. The quantitative estimate of drug-likeness (QED) is 0.205. The van der Waals surface area contributed by atoms with E-state index in [1.54, 1.807) is 0 Å². The second kappa shape index (κ2) is 13.0. The minimum atomic E-state index is -2.75. The van der Waals surface area contributed by atoms with Crippen molar-refractivity contribution < 1.29 is 31.9 Å². The molecule has 0 unspecified atom stereocenters. The Morgan fingerprint density at radius 1 is 1.00 bits per heavy atom. The molecule has 1 N–H and O–H groups in total. The molecular weight excluding hydrogens is 548 g/mol. The van der Waals surface area contributed by atoms with E-state index in [9.17, 15) is 22.8 Å². The molecule has 1 aliphatic rings. The normalized spacial score (nSPS) is 15.0. The van der Waals surface area contributed by atoms with Gasteiger partial charge in [0.1, 0.15) is 11.6 Å². The van der Waals surface area contributed by atoms with Gasteiger partial charge < -0.3 is 15.0 Å². The zero-order valence-electron chi connectivity index (χ0n) is 24.3. The average Bonchev–Trinajstić information content (AvgIpc) is 2.93. The zero-order valence-corrected chi connectivity index (χ0v) is 24.3. The van der Waals surface area contributed by atoms with Crippen molar-refractivity contribution in [3.8, 4) is 11.1 Å². The van der Waals surface area contributed by atoms with Crippen LogP contribution in [0.4, 0.5) is 28.9 Å². The summed E-state index contributed by atoms with van der Waals surface area (Å²) in [6.45, 7) is 6.32. The number of nitrogens with zero attached hydrogens (tertiary/aromatic N) is 1. The Hall–Kier alpha value is -3.88. The lowest BCUT2D eigenvalue weighted by atomic mass is 9.89. The fraction of sp³-hybridized carbons (Fsp3) is 0.394. The third kappa shape index (κ3) is 7.49. The van der Waals surface area contributed by atoms with Crippen molar-refractivity contribution >= 4 is 23.3 Å². The maximum atomic E-state index is 16.0. The van der Waals surface area contributed by atoms with Crippen LogP contribution in [0.2, 0.25) is 0 Å². The molecule has 1 saturated carbocycles. The first-order chi connectivity index (χ1) is 19.9. The van der Waals surface area contributed by atoms with Crippen LogP contribution in [0.15, 0.2) is 54.6 Å². The number of amides is 1. The summed E-state index contributed by atoms with van der Waals surface area (Å²) in [6, 6.07) is 13.1. The van der Waals surface area contributed by atoms with Gasteiger partial charge in [0.25, 0.3) is 0 Å². The maximum absolute atomic E-state index is 16.0. The van der Waals surface area contributed by atoms with E-state index >= 15 is 4.39 Å². The molecule has 0 atom stereocenters. The highest BCUT2D eigenvalue weighted by molar-refractivity contribution is 6.00. The minimum Gasteiger partial charge on any atom is -0.465 e. The minimum absolute atomic E-state index is 0.0346. The van der Waals surface area contributed by atoms with Crippen LogP contribution < -0.4 is 10.2 Å². The highest BCUT2D eigenvalue weighted by atomic mass is 19.3. The summed E-state index contributed by atoms with van der Waals surface area (Å²) in [5.41, 5.74) is 2.21. The van der Waals surface area contributed by atoms with Gasteiger partial charge in [-0.2, -0.15) is 0 Å². The first-order valence-corrected chi connectivity index (χ1v) is 14.1. The molecule has 0 aliphatic heterocycles. The number of ether oxygens (including phenoxy) is 1. The van der Waals surface area contributed by atoms with Gasteiger partial charge in [0, 0.05) is 36.6 Å². The molecule has 224 valence electrons. The van der Waals surface area contributed by atoms with E-state index in [1.807, 2.05) is 49.9 Å². The molecule has 0 heterocycles. The predicted octanol–water partition coefficient (Wildman–Crippen LogP) is 7.95. The van der Waals surface area contributed by atoms with Gasteiger partial charge in [-0.15, -0.1) is 0 Å². The Kier molecular flexibility index (Phi) is 9.59. The second-order valence-corrected chi connectivity index (χ2v) is 11.4. The number of anilines is 2. The summed E-state index contributed by atoms with van der Waals surface area (Å²) in [5.74, 6) is -5.24. The van der Waals surface area contributed by atoms with E-state index in [1.165, 1.54) is 25.3 Å². The number of carbonyl (C=O) groups excluding carboxylic acids is 2. The van der Waals surface area contributed by atoms with Gasteiger partial charge in [-0.25, -0.2) is 22.4 Å². The van der Waals surface area contributed by atoms with Gasteiger partial charge in [0.15, 0.2) is 0 Å². The van der Waals surface area contributed by atoms with Crippen molar-refractivity contribution in [1.82, 2.24) is 0 Å². The Morgan fingerprint density at radius 2 is 1.67 bits per heavy atom. The van der Waals surface area contributed by atoms with Gasteiger partial charge in [-0.05, 0) is 61.6 Å². The molecule has 5 nitrogen and oxygen atoms in total. The van der Waals surface area contributed by atoms with Crippen LogP contribution in [-0.2, 0) is 16.0 Å². The average molecular weight is 585 g/mol. The largest absolute Gasteiger partial charge is 0.465 e. The number of halogens is 4. The number of nitrogens with one attached hydrogen (secondary N) is 1. The van der Waals surface area contributed by atoms with Crippen LogP contribution in [0.1, 0.15) is 61.0 Å². The molecule has 0 aromatic heterocycles. The molecule has 1 amide bonds. The third-order valence-corrected chi connectivity index (χ3v) is 7.52. The fourth-order valence-electron chi connectivity index (χ4n) is 5.39. The number of hydrogen-bond donors (Lipinski definition) is 1. The molecule has 0 saturated heterocycles. The first kappa shape index (κ1) is 31.1. The maximum Gasteiger partial charge on any atom is 0.338 e. The Bertz CT molecular complexity index is 1430. The van der Waals surface area contributed by atoms with E-state index in [0.29, 0.717) is 12.2 Å². The number of hydrogen-bond acceptors (Lipinski definition) is 4. The van der Waals surface area contributed by atoms with Crippen LogP contribution in [0.3, 0.4) is 0 Å². The summed E-state index contributed by atoms with van der Waals surface area (Å²) in [4.78, 5) is 27.6. The summed E-state index contributed by atoms with van der Waals surface area (Å²) >= 11 is 0. The SMILES string of the molecule is COC(=O)c1ccc(F)cc1-c1cc(NC(=O)Cc2ccc(C)cc2)c(N(CC(C)C)C2CCC(F)(F)CC2)cc1F. The summed E-state index contributed by atoms with van der Waals surface area (Å²) < 4.78 is 63.3. The molecule has 3 aromatic rings. The smallest absolute Gasteiger partial charge is 0.338 e. The van der Waals surface area contributed by atoms with Gasteiger partial charge in [0.05, 0.1) is 30.5 Å². The highest BCUT2D eigenvalue weighted by Crippen LogP contribution is 2.41. The molecule has 1 aliphatic carbocycles. The number of methoxy groups -OCH3 is 1. The van der Waals surface area contributed by atoms with Gasteiger partial charge in [-0.1, -0.05) is 43.7 Å². The lowest BCUT2D eigenvalue weighted by Gasteiger charge is -2.40. The van der Waals surface area contributed by atoms with Gasteiger partial charge in [0.2, 0.25) is 11.8 Å². The van der Waals surface area contributed by atoms with Crippen LogP contribution >= 0.6 is 0 Å². The third-order valence-electron chi connectivity index (χ3n) is 7.52. The van der Waals surface area contributed by atoms with Crippen molar-refractivity contribution in [2.24, 2.45) is 5.92 Å². The number of rotatable bonds is 9. The zero-order chi connectivity index (χ0) is 30.6. The van der Waals surface area contributed by atoms with Crippen molar-refractivity contribution in [2.45, 2.75) is 64.8 Å². The van der Waals surface area contributed by atoms with Crippen LogP contribution in [0.25, 0.3) is 11.1 Å².